The van der Waals surface area contributed by atoms with Crippen LogP contribution in [-0.2, 0) is 4.84 Å². The van der Waals surface area contributed by atoms with Crippen LogP contribution in [0.1, 0.15) is 43.1 Å². The summed E-state index contributed by atoms with van der Waals surface area (Å²) in [7, 11) is 0. The van der Waals surface area contributed by atoms with E-state index in [2.05, 4.69) is 4.84 Å². The number of hydrogen-bond acceptors (Lipinski definition) is 4. The Morgan fingerprint density at radius 1 is 1.00 bits per heavy atom. The molecule has 0 radical (unpaired) electrons. The summed E-state index contributed by atoms with van der Waals surface area (Å²) < 4.78 is 38.7. The van der Waals surface area contributed by atoms with E-state index in [1.54, 1.807) is 0 Å². The molecule has 5 nitrogen and oxygen atoms in total. The zero-order chi connectivity index (χ0) is 17.4. The van der Waals surface area contributed by atoms with Gasteiger partial charge in [0.25, 0.3) is 18.2 Å². The van der Waals surface area contributed by atoms with E-state index < -0.39 is 41.2 Å². The third-order valence-corrected chi connectivity index (χ3v) is 3.40. The van der Waals surface area contributed by atoms with Gasteiger partial charge in [0.1, 0.15) is 5.82 Å². The van der Waals surface area contributed by atoms with Gasteiger partial charge in [-0.2, -0.15) is 0 Å². The van der Waals surface area contributed by atoms with Crippen LogP contribution in [0.3, 0.4) is 0 Å². The van der Waals surface area contributed by atoms with Crippen molar-refractivity contribution in [2.45, 2.75) is 6.43 Å². The van der Waals surface area contributed by atoms with Crippen LogP contribution in [-0.4, -0.2) is 22.8 Å². The quantitative estimate of drug-likeness (QED) is 0.809. The van der Waals surface area contributed by atoms with E-state index in [9.17, 15) is 27.6 Å². The summed E-state index contributed by atoms with van der Waals surface area (Å²) in [6.45, 7) is 0. The molecule has 0 saturated carbocycles. The van der Waals surface area contributed by atoms with Gasteiger partial charge in [-0.05, 0) is 24.3 Å². The lowest BCUT2D eigenvalue weighted by molar-refractivity contribution is -0.0587. The molecule has 2 aromatic carbocycles. The highest BCUT2D eigenvalue weighted by molar-refractivity contribution is 6.21. The predicted octanol–water partition coefficient (Wildman–Crippen LogP) is 3.13. The lowest BCUT2D eigenvalue weighted by Crippen LogP contribution is -2.33. The first-order chi connectivity index (χ1) is 11.4. The van der Waals surface area contributed by atoms with Gasteiger partial charge in [-0.1, -0.05) is 23.3 Å². The number of rotatable bonds is 3. The third-order valence-electron chi connectivity index (χ3n) is 3.40. The maximum atomic E-state index is 13.8. The Hall–Kier alpha value is -3.16. The molecule has 1 aliphatic rings. The summed E-state index contributed by atoms with van der Waals surface area (Å²) >= 11 is 0. The molecule has 0 saturated heterocycles. The number of carbonyl (C=O) groups is 3. The van der Waals surface area contributed by atoms with Crippen molar-refractivity contribution in [2.24, 2.45) is 0 Å². The van der Waals surface area contributed by atoms with E-state index in [0.29, 0.717) is 6.07 Å². The Labute approximate surface area is 133 Å². The lowest BCUT2D eigenvalue weighted by Gasteiger charge is -2.13. The van der Waals surface area contributed by atoms with E-state index in [4.69, 9.17) is 0 Å². The van der Waals surface area contributed by atoms with Crippen LogP contribution in [0.15, 0.2) is 42.5 Å². The summed E-state index contributed by atoms with van der Waals surface area (Å²) in [6.07, 6.45) is -2.90. The molecular formula is C16H8F3NO4. The van der Waals surface area contributed by atoms with Crippen LogP contribution in [0.2, 0.25) is 0 Å². The topological polar surface area (TPSA) is 63.7 Å². The molecule has 1 heterocycles. The number of hydrogen-bond donors (Lipinski definition) is 0. The highest BCUT2D eigenvalue weighted by atomic mass is 19.3. The van der Waals surface area contributed by atoms with Crippen LogP contribution in [0.4, 0.5) is 13.2 Å². The van der Waals surface area contributed by atoms with Gasteiger partial charge in [0.15, 0.2) is 0 Å². The van der Waals surface area contributed by atoms with Crippen molar-refractivity contribution in [3.05, 3.63) is 70.5 Å². The maximum absolute atomic E-state index is 13.8. The molecule has 0 N–H and O–H groups in total. The van der Waals surface area contributed by atoms with Gasteiger partial charge in [0.2, 0.25) is 0 Å². The van der Waals surface area contributed by atoms with Gasteiger partial charge in [-0.3, -0.25) is 9.59 Å². The Morgan fingerprint density at radius 3 is 2.08 bits per heavy atom. The van der Waals surface area contributed by atoms with E-state index in [1.807, 2.05) is 0 Å². The Kier molecular flexibility index (Phi) is 3.80. The average molecular weight is 335 g/mol. The summed E-state index contributed by atoms with van der Waals surface area (Å²) in [6, 6.07) is 7.95. The summed E-state index contributed by atoms with van der Waals surface area (Å²) in [5.74, 6) is -4.32. The van der Waals surface area contributed by atoms with E-state index in [0.717, 1.165) is 12.1 Å². The molecule has 2 aromatic rings. The first-order valence-electron chi connectivity index (χ1n) is 6.68. The van der Waals surface area contributed by atoms with Crippen molar-refractivity contribution < 1.29 is 32.4 Å². The minimum atomic E-state index is -2.90. The number of imide groups is 1. The Morgan fingerprint density at radius 2 is 1.58 bits per heavy atom. The van der Waals surface area contributed by atoms with Crippen molar-refractivity contribution in [2.75, 3.05) is 0 Å². The number of halogens is 3. The number of alkyl halides is 2. The minimum Gasteiger partial charge on any atom is -0.324 e. The molecule has 0 unspecified atom stereocenters. The summed E-state index contributed by atoms with van der Waals surface area (Å²) in [5.41, 5.74) is -1.19. The highest BCUT2D eigenvalue weighted by Gasteiger charge is 2.39. The number of amides is 2. The van der Waals surface area contributed by atoms with Crippen molar-refractivity contribution in [3.8, 4) is 0 Å². The number of carbonyl (C=O) groups excluding carboxylic acids is 3. The van der Waals surface area contributed by atoms with Gasteiger partial charge in [0, 0.05) is 5.56 Å². The molecule has 0 spiro atoms. The van der Waals surface area contributed by atoms with Gasteiger partial charge in [-0.25, -0.2) is 18.0 Å². The molecule has 0 bridgehead atoms. The first kappa shape index (κ1) is 15.7. The fourth-order valence-electron chi connectivity index (χ4n) is 2.21. The average Bonchev–Trinajstić information content (AvgIpc) is 2.80. The highest BCUT2D eigenvalue weighted by Crippen LogP contribution is 2.25. The van der Waals surface area contributed by atoms with Crippen LogP contribution in [0.5, 0.6) is 0 Å². The van der Waals surface area contributed by atoms with Crippen LogP contribution in [0, 0.1) is 5.82 Å². The molecule has 24 heavy (non-hydrogen) atoms. The molecule has 1 aliphatic heterocycles. The molecular weight excluding hydrogens is 327 g/mol. The SMILES string of the molecule is O=C(ON1C(=O)c2ccccc2C1=O)c1ccc(C(F)F)cc1F. The zero-order valence-corrected chi connectivity index (χ0v) is 11.8. The monoisotopic (exact) mass is 335 g/mol. The number of nitrogens with zero attached hydrogens (tertiary/aromatic N) is 1. The number of hydroxylamine groups is 2. The second kappa shape index (κ2) is 5.80. The van der Waals surface area contributed by atoms with Gasteiger partial charge < -0.3 is 4.84 Å². The van der Waals surface area contributed by atoms with Crippen LogP contribution < -0.4 is 0 Å². The lowest BCUT2D eigenvalue weighted by atomic mass is 10.1. The third kappa shape index (κ3) is 2.51. The van der Waals surface area contributed by atoms with Crippen molar-refractivity contribution in [1.82, 2.24) is 5.06 Å². The largest absolute Gasteiger partial charge is 0.366 e. The molecule has 0 aromatic heterocycles. The predicted molar refractivity (Wildman–Crippen MR) is 73.7 cm³/mol. The molecule has 8 heteroatoms. The van der Waals surface area contributed by atoms with Crippen LogP contribution in [0.25, 0.3) is 0 Å². The molecule has 0 fully saturated rings. The van der Waals surface area contributed by atoms with E-state index in [1.165, 1.54) is 24.3 Å². The fraction of sp³-hybridized carbons (Fsp3) is 0.0625. The van der Waals surface area contributed by atoms with Crippen molar-refractivity contribution >= 4 is 17.8 Å². The minimum absolute atomic E-state index is 0.0452. The molecule has 0 atom stereocenters. The summed E-state index contributed by atoms with van der Waals surface area (Å²) in [5, 5.41) is 0.216. The smallest absolute Gasteiger partial charge is 0.324 e. The molecule has 0 aliphatic carbocycles. The van der Waals surface area contributed by atoms with E-state index >= 15 is 0 Å². The molecule has 122 valence electrons. The van der Waals surface area contributed by atoms with Crippen LogP contribution >= 0.6 is 0 Å². The van der Waals surface area contributed by atoms with E-state index in [-0.39, 0.29) is 16.2 Å². The normalized spacial score (nSPS) is 13.4. The van der Waals surface area contributed by atoms with Crippen molar-refractivity contribution in [1.29, 1.82) is 0 Å². The van der Waals surface area contributed by atoms with Gasteiger partial charge in [-0.15, -0.1) is 0 Å². The Bertz CT molecular complexity index is 831. The zero-order valence-electron chi connectivity index (χ0n) is 11.8. The second-order valence-corrected chi connectivity index (χ2v) is 4.87. The number of benzene rings is 2. The molecule has 2 amide bonds. The first-order valence-corrected chi connectivity index (χ1v) is 6.68. The van der Waals surface area contributed by atoms with Gasteiger partial charge >= 0.3 is 5.97 Å². The molecule has 3 rings (SSSR count). The van der Waals surface area contributed by atoms with Gasteiger partial charge in [0.05, 0.1) is 16.7 Å². The second-order valence-electron chi connectivity index (χ2n) is 4.87. The summed E-state index contributed by atoms with van der Waals surface area (Å²) in [4.78, 5) is 40.7. The van der Waals surface area contributed by atoms with Crippen molar-refractivity contribution in [3.63, 3.8) is 0 Å². The fourth-order valence-corrected chi connectivity index (χ4v) is 2.21. The standard InChI is InChI=1S/C16H8F3NO4/c17-12-7-8(13(18)19)5-6-11(12)16(23)24-20-14(21)9-3-1-2-4-10(9)15(20)22/h1-7,13H. The maximum Gasteiger partial charge on any atom is 0.366 e. The Balaban J connectivity index is 1.84. The number of fused-ring (bicyclic) bond motifs is 1.